The third-order valence-corrected chi connectivity index (χ3v) is 5.53. The number of nitrogens with zero attached hydrogens (tertiary/aromatic N) is 3. The predicted octanol–water partition coefficient (Wildman–Crippen LogP) is 3.76. The molecule has 5 nitrogen and oxygen atoms in total. The number of piperidine rings is 1. The van der Waals surface area contributed by atoms with Crippen LogP contribution in [0.25, 0.3) is 11.4 Å². The number of rotatable bonds is 3. The SMILES string of the molecule is CC(C)(C)NC(=O)[C@H]1CCCN(c2nc(-c3ccccc3)nc3c2CCC3)C1. The van der Waals surface area contributed by atoms with Crippen LogP contribution in [-0.4, -0.2) is 34.5 Å². The van der Waals surface area contributed by atoms with Gasteiger partial charge in [-0.25, -0.2) is 9.97 Å². The van der Waals surface area contributed by atoms with E-state index in [1.807, 2.05) is 39.0 Å². The average Bonchev–Trinajstić information content (AvgIpc) is 3.15. The van der Waals surface area contributed by atoms with E-state index in [9.17, 15) is 4.79 Å². The first kappa shape index (κ1) is 18.9. The van der Waals surface area contributed by atoms with Crippen LogP contribution in [0.5, 0.6) is 0 Å². The summed E-state index contributed by atoms with van der Waals surface area (Å²) in [6.07, 6.45) is 5.15. The van der Waals surface area contributed by atoms with Gasteiger partial charge in [0.1, 0.15) is 5.82 Å². The van der Waals surface area contributed by atoms with Crippen molar-refractivity contribution in [2.45, 2.75) is 58.4 Å². The van der Waals surface area contributed by atoms with Gasteiger partial charge in [0.2, 0.25) is 5.91 Å². The fraction of sp³-hybridized carbons (Fsp3) is 0.522. The predicted molar refractivity (Wildman–Crippen MR) is 112 cm³/mol. The zero-order valence-electron chi connectivity index (χ0n) is 17.2. The van der Waals surface area contributed by atoms with Gasteiger partial charge in [-0.2, -0.15) is 0 Å². The van der Waals surface area contributed by atoms with Crippen LogP contribution in [0.15, 0.2) is 30.3 Å². The van der Waals surface area contributed by atoms with E-state index in [1.54, 1.807) is 0 Å². The van der Waals surface area contributed by atoms with Gasteiger partial charge in [0, 0.05) is 35.4 Å². The number of carbonyl (C=O) groups excluding carboxylic acids is 1. The third kappa shape index (κ3) is 4.03. The van der Waals surface area contributed by atoms with Crippen molar-refractivity contribution in [3.63, 3.8) is 0 Å². The monoisotopic (exact) mass is 378 g/mol. The molecular weight excluding hydrogens is 348 g/mol. The molecule has 1 atom stereocenters. The summed E-state index contributed by atoms with van der Waals surface area (Å²) < 4.78 is 0. The highest BCUT2D eigenvalue weighted by Crippen LogP contribution is 2.33. The Morgan fingerprint density at radius 2 is 1.89 bits per heavy atom. The summed E-state index contributed by atoms with van der Waals surface area (Å²) in [7, 11) is 0. The van der Waals surface area contributed by atoms with E-state index in [0.717, 1.165) is 62.4 Å². The second kappa shape index (κ2) is 7.53. The van der Waals surface area contributed by atoms with Crippen LogP contribution >= 0.6 is 0 Å². The van der Waals surface area contributed by atoms with Crippen molar-refractivity contribution in [1.29, 1.82) is 0 Å². The summed E-state index contributed by atoms with van der Waals surface area (Å²) in [6, 6.07) is 10.2. The largest absolute Gasteiger partial charge is 0.355 e. The van der Waals surface area contributed by atoms with Crippen molar-refractivity contribution >= 4 is 11.7 Å². The Labute approximate surface area is 167 Å². The third-order valence-electron chi connectivity index (χ3n) is 5.53. The Morgan fingerprint density at radius 1 is 1.11 bits per heavy atom. The molecule has 1 aromatic carbocycles. The van der Waals surface area contributed by atoms with Crippen molar-refractivity contribution in [1.82, 2.24) is 15.3 Å². The minimum atomic E-state index is -0.198. The van der Waals surface area contributed by atoms with Gasteiger partial charge in [-0.1, -0.05) is 30.3 Å². The van der Waals surface area contributed by atoms with Gasteiger partial charge in [0.15, 0.2) is 5.82 Å². The maximum absolute atomic E-state index is 12.7. The summed E-state index contributed by atoms with van der Waals surface area (Å²) in [4.78, 5) is 24.9. The molecule has 2 heterocycles. The van der Waals surface area contributed by atoms with Gasteiger partial charge in [-0.05, 0) is 52.9 Å². The molecule has 5 heteroatoms. The van der Waals surface area contributed by atoms with Crippen LogP contribution in [-0.2, 0) is 17.6 Å². The lowest BCUT2D eigenvalue weighted by Gasteiger charge is -2.35. The molecule has 1 aromatic heterocycles. The van der Waals surface area contributed by atoms with E-state index in [-0.39, 0.29) is 17.4 Å². The van der Waals surface area contributed by atoms with E-state index in [4.69, 9.17) is 9.97 Å². The second-order valence-corrected chi connectivity index (χ2v) is 9.04. The molecule has 1 saturated heterocycles. The second-order valence-electron chi connectivity index (χ2n) is 9.04. The van der Waals surface area contributed by atoms with Crippen molar-refractivity contribution in [3.8, 4) is 11.4 Å². The highest BCUT2D eigenvalue weighted by molar-refractivity contribution is 5.80. The van der Waals surface area contributed by atoms with Crippen molar-refractivity contribution < 1.29 is 4.79 Å². The summed E-state index contributed by atoms with van der Waals surface area (Å²) in [5, 5.41) is 3.15. The van der Waals surface area contributed by atoms with Crippen LogP contribution in [0.2, 0.25) is 0 Å². The van der Waals surface area contributed by atoms with Crippen LogP contribution in [0.3, 0.4) is 0 Å². The Hall–Kier alpha value is -2.43. The fourth-order valence-electron chi connectivity index (χ4n) is 4.25. The smallest absolute Gasteiger partial charge is 0.225 e. The summed E-state index contributed by atoms with van der Waals surface area (Å²) >= 11 is 0. The molecule has 0 unspecified atom stereocenters. The standard InChI is InChI=1S/C23H30N4O/c1-23(2,3)26-22(28)17-11-8-14-27(15-17)21-18-12-7-13-19(18)24-20(25-21)16-9-5-4-6-10-16/h4-6,9-10,17H,7-8,11-15H2,1-3H3,(H,26,28)/t17-/m0/s1. The fourth-order valence-corrected chi connectivity index (χ4v) is 4.25. The van der Waals surface area contributed by atoms with Crippen molar-refractivity contribution in [2.24, 2.45) is 5.92 Å². The Morgan fingerprint density at radius 3 is 2.64 bits per heavy atom. The molecule has 4 rings (SSSR count). The summed E-state index contributed by atoms with van der Waals surface area (Å²) in [5.74, 6) is 2.03. The molecule has 1 amide bonds. The van der Waals surface area contributed by atoms with Gasteiger partial charge < -0.3 is 10.2 Å². The molecule has 1 fully saturated rings. The molecule has 1 aliphatic heterocycles. The lowest BCUT2D eigenvalue weighted by molar-refractivity contribution is -0.126. The first-order valence-corrected chi connectivity index (χ1v) is 10.4. The minimum absolute atomic E-state index is 0.0140. The first-order valence-electron chi connectivity index (χ1n) is 10.4. The van der Waals surface area contributed by atoms with Crippen molar-refractivity contribution in [2.75, 3.05) is 18.0 Å². The maximum Gasteiger partial charge on any atom is 0.225 e. The zero-order chi connectivity index (χ0) is 19.7. The minimum Gasteiger partial charge on any atom is -0.355 e. The number of amides is 1. The van der Waals surface area contributed by atoms with E-state index >= 15 is 0 Å². The van der Waals surface area contributed by atoms with Crippen LogP contribution < -0.4 is 10.2 Å². The van der Waals surface area contributed by atoms with Gasteiger partial charge in [-0.15, -0.1) is 0 Å². The average molecular weight is 379 g/mol. The van der Waals surface area contributed by atoms with Crippen molar-refractivity contribution in [3.05, 3.63) is 41.6 Å². The van der Waals surface area contributed by atoms with Crippen LogP contribution in [0.4, 0.5) is 5.82 Å². The topological polar surface area (TPSA) is 58.1 Å². The van der Waals surface area contributed by atoms with Gasteiger partial charge in [-0.3, -0.25) is 4.79 Å². The van der Waals surface area contributed by atoms with Gasteiger partial charge in [0.05, 0.1) is 5.92 Å². The number of hydrogen-bond acceptors (Lipinski definition) is 4. The number of benzene rings is 1. The van der Waals surface area contributed by atoms with Crippen LogP contribution in [0.1, 0.15) is 51.3 Å². The molecule has 0 spiro atoms. The number of carbonyl (C=O) groups is 1. The van der Waals surface area contributed by atoms with Gasteiger partial charge >= 0.3 is 0 Å². The number of aromatic nitrogens is 2. The number of nitrogens with one attached hydrogen (secondary N) is 1. The van der Waals surface area contributed by atoms with E-state index in [1.165, 1.54) is 11.3 Å². The number of aryl methyl sites for hydroxylation is 1. The Bertz CT molecular complexity index is 857. The Balaban J connectivity index is 1.63. The lowest BCUT2D eigenvalue weighted by Crippen LogP contribution is -2.49. The normalized spacial score (nSPS) is 19.4. The summed E-state index contributed by atoms with van der Waals surface area (Å²) in [5.41, 5.74) is 3.33. The number of anilines is 1. The van der Waals surface area contributed by atoms with E-state index < -0.39 is 0 Å². The number of fused-ring (bicyclic) bond motifs is 1. The highest BCUT2D eigenvalue weighted by atomic mass is 16.2. The zero-order valence-corrected chi connectivity index (χ0v) is 17.2. The molecule has 1 N–H and O–H groups in total. The molecule has 1 aliphatic carbocycles. The van der Waals surface area contributed by atoms with E-state index in [0.29, 0.717) is 0 Å². The quantitative estimate of drug-likeness (QED) is 0.883. The molecule has 148 valence electrons. The lowest BCUT2D eigenvalue weighted by atomic mass is 9.95. The Kier molecular flexibility index (Phi) is 5.09. The molecule has 2 aromatic rings. The number of hydrogen-bond donors (Lipinski definition) is 1. The van der Waals surface area contributed by atoms with Gasteiger partial charge in [0.25, 0.3) is 0 Å². The highest BCUT2D eigenvalue weighted by Gasteiger charge is 2.31. The molecule has 2 aliphatic rings. The first-order chi connectivity index (χ1) is 13.4. The van der Waals surface area contributed by atoms with E-state index in [2.05, 4.69) is 22.3 Å². The maximum atomic E-state index is 12.7. The molecule has 0 saturated carbocycles. The van der Waals surface area contributed by atoms with Crippen LogP contribution in [0, 0.1) is 5.92 Å². The molecule has 0 radical (unpaired) electrons. The molecular formula is C23H30N4O. The summed E-state index contributed by atoms with van der Waals surface area (Å²) in [6.45, 7) is 7.80. The molecule has 0 bridgehead atoms. The molecule has 28 heavy (non-hydrogen) atoms.